The molecule has 0 atom stereocenters. The summed E-state index contributed by atoms with van der Waals surface area (Å²) in [6.45, 7) is 6.34. The molecule has 1 aromatic rings. The van der Waals surface area contributed by atoms with Gasteiger partial charge in [0.15, 0.2) is 0 Å². The lowest BCUT2D eigenvalue weighted by Crippen LogP contribution is -2.16. The third-order valence-corrected chi connectivity index (χ3v) is 4.00. The molecule has 2 rings (SSSR count). The van der Waals surface area contributed by atoms with Gasteiger partial charge in [-0.05, 0) is 63.1 Å². The number of hydrogen-bond donors (Lipinski definition) is 1. The van der Waals surface area contributed by atoms with Crippen LogP contribution in [-0.4, -0.2) is 11.1 Å². The zero-order valence-corrected chi connectivity index (χ0v) is 10.8. The molecule has 1 aliphatic rings. The summed E-state index contributed by atoms with van der Waals surface area (Å²) in [6, 6.07) is 4.37. The van der Waals surface area contributed by atoms with E-state index >= 15 is 0 Å². The average molecular weight is 232 g/mol. The first-order valence-corrected chi connectivity index (χ1v) is 6.25. The molecule has 0 amide bonds. The van der Waals surface area contributed by atoms with E-state index < -0.39 is 11.4 Å². The number of benzene rings is 1. The molecular weight excluding hydrogens is 212 g/mol. The minimum atomic E-state index is -0.611. The molecule has 0 aromatic heterocycles. The molecule has 0 spiro atoms. The van der Waals surface area contributed by atoms with Gasteiger partial charge < -0.3 is 5.11 Å². The largest absolute Gasteiger partial charge is 0.481 e. The smallest absolute Gasteiger partial charge is 0.309 e. The zero-order chi connectivity index (χ0) is 12.6. The first-order chi connectivity index (χ1) is 7.94. The summed E-state index contributed by atoms with van der Waals surface area (Å²) >= 11 is 0. The van der Waals surface area contributed by atoms with E-state index in [4.69, 9.17) is 5.11 Å². The maximum atomic E-state index is 11.1. The Morgan fingerprint density at radius 3 is 2.18 bits per heavy atom. The summed E-state index contributed by atoms with van der Waals surface area (Å²) in [6.07, 6.45) is 3.38. The van der Waals surface area contributed by atoms with E-state index in [2.05, 4.69) is 32.9 Å². The van der Waals surface area contributed by atoms with Crippen molar-refractivity contribution in [2.75, 3.05) is 0 Å². The van der Waals surface area contributed by atoms with E-state index in [0.29, 0.717) is 0 Å². The van der Waals surface area contributed by atoms with E-state index in [9.17, 15) is 4.79 Å². The van der Waals surface area contributed by atoms with Gasteiger partial charge in [-0.1, -0.05) is 17.7 Å². The highest BCUT2D eigenvalue weighted by molar-refractivity contribution is 5.77. The highest BCUT2D eigenvalue weighted by Crippen LogP contribution is 2.49. The van der Waals surface area contributed by atoms with Crippen LogP contribution in [0.4, 0.5) is 0 Å². The number of carboxylic acids is 1. The van der Waals surface area contributed by atoms with Gasteiger partial charge in [-0.3, -0.25) is 4.79 Å². The summed E-state index contributed by atoms with van der Waals surface area (Å²) < 4.78 is 0. The van der Waals surface area contributed by atoms with E-state index in [0.717, 1.165) is 25.7 Å². The van der Waals surface area contributed by atoms with Gasteiger partial charge in [-0.2, -0.15) is 0 Å². The van der Waals surface area contributed by atoms with Crippen LogP contribution in [-0.2, 0) is 11.2 Å². The number of hydrogen-bond acceptors (Lipinski definition) is 1. The Morgan fingerprint density at radius 1 is 1.24 bits per heavy atom. The molecule has 0 unspecified atom stereocenters. The lowest BCUT2D eigenvalue weighted by molar-refractivity contribution is -0.143. The fourth-order valence-corrected chi connectivity index (χ4v) is 2.69. The van der Waals surface area contributed by atoms with Crippen LogP contribution in [0.2, 0.25) is 0 Å². The van der Waals surface area contributed by atoms with E-state index in [1.807, 2.05) is 0 Å². The highest BCUT2D eigenvalue weighted by Gasteiger charge is 2.49. The average Bonchev–Trinajstić information content (AvgIpc) is 2.96. The van der Waals surface area contributed by atoms with E-state index in [-0.39, 0.29) is 0 Å². The Balaban J connectivity index is 2.12. The molecule has 0 radical (unpaired) electrons. The Labute approximate surface area is 103 Å². The topological polar surface area (TPSA) is 37.3 Å². The highest BCUT2D eigenvalue weighted by atomic mass is 16.4. The van der Waals surface area contributed by atoms with Crippen molar-refractivity contribution in [3.63, 3.8) is 0 Å². The predicted octanol–water partition coefficient (Wildman–Crippen LogP) is 3.41. The Hall–Kier alpha value is -1.31. The normalized spacial score (nSPS) is 16.9. The zero-order valence-electron chi connectivity index (χ0n) is 10.8. The summed E-state index contributed by atoms with van der Waals surface area (Å²) in [5.74, 6) is -0.611. The third-order valence-electron chi connectivity index (χ3n) is 4.00. The van der Waals surface area contributed by atoms with E-state index in [1.165, 1.54) is 22.3 Å². The first kappa shape index (κ1) is 12.2. The second-order valence-electron chi connectivity index (χ2n) is 5.46. The second-order valence-corrected chi connectivity index (χ2v) is 5.46. The minimum absolute atomic E-state index is 0.399. The van der Waals surface area contributed by atoms with Gasteiger partial charge in [0.2, 0.25) is 0 Å². The molecule has 2 nitrogen and oxygen atoms in total. The van der Waals surface area contributed by atoms with Crippen molar-refractivity contribution in [3.05, 3.63) is 34.4 Å². The molecule has 1 aromatic carbocycles. The molecule has 92 valence electrons. The summed E-state index contributed by atoms with van der Waals surface area (Å²) in [7, 11) is 0. The van der Waals surface area contributed by atoms with Crippen LogP contribution in [0.25, 0.3) is 0 Å². The molecule has 0 bridgehead atoms. The standard InChI is InChI=1S/C15H20O2/c1-10-8-11(2)13(12(3)9-10)4-5-15(6-7-15)14(16)17/h8-9H,4-7H2,1-3H3,(H,16,17). The third kappa shape index (κ3) is 2.36. The first-order valence-electron chi connectivity index (χ1n) is 6.25. The fraction of sp³-hybridized carbons (Fsp3) is 0.533. The summed E-state index contributed by atoms with van der Waals surface area (Å²) in [5.41, 5.74) is 4.81. The van der Waals surface area contributed by atoms with Crippen LogP contribution in [0.15, 0.2) is 12.1 Å². The van der Waals surface area contributed by atoms with Gasteiger partial charge in [0.1, 0.15) is 0 Å². The maximum absolute atomic E-state index is 11.1. The molecule has 1 N–H and O–H groups in total. The van der Waals surface area contributed by atoms with Crippen molar-refractivity contribution in [1.82, 2.24) is 0 Å². The molecule has 1 saturated carbocycles. The number of rotatable bonds is 4. The molecular formula is C15H20O2. The van der Waals surface area contributed by atoms with Gasteiger partial charge in [-0.25, -0.2) is 0 Å². The molecule has 0 heterocycles. The van der Waals surface area contributed by atoms with Gasteiger partial charge in [0.25, 0.3) is 0 Å². The minimum Gasteiger partial charge on any atom is -0.481 e. The Bertz CT molecular complexity index is 433. The van der Waals surface area contributed by atoms with Gasteiger partial charge >= 0.3 is 5.97 Å². The van der Waals surface area contributed by atoms with Crippen molar-refractivity contribution in [2.45, 2.75) is 46.5 Å². The van der Waals surface area contributed by atoms with Crippen LogP contribution in [0.5, 0.6) is 0 Å². The van der Waals surface area contributed by atoms with Crippen LogP contribution in [0.3, 0.4) is 0 Å². The predicted molar refractivity (Wildman–Crippen MR) is 68.3 cm³/mol. The van der Waals surface area contributed by atoms with Crippen molar-refractivity contribution in [2.24, 2.45) is 5.41 Å². The Morgan fingerprint density at radius 2 is 1.76 bits per heavy atom. The van der Waals surface area contributed by atoms with Crippen LogP contribution >= 0.6 is 0 Å². The number of carboxylic acid groups (broad SMARTS) is 1. The number of carbonyl (C=O) groups is 1. The van der Waals surface area contributed by atoms with Gasteiger partial charge in [0, 0.05) is 0 Å². The van der Waals surface area contributed by atoms with Gasteiger partial charge in [-0.15, -0.1) is 0 Å². The van der Waals surface area contributed by atoms with Crippen molar-refractivity contribution in [1.29, 1.82) is 0 Å². The summed E-state index contributed by atoms with van der Waals surface area (Å²) in [5, 5.41) is 9.16. The molecule has 1 fully saturated rings. The van der Waals surface area contributed by atoms with Crippen molar-refractivity contribution >= 4 is 5.97 Å². The molecule has 2 heteroatoms. The molecule has 0 saturated heterocycles. The molecule has 0 aliphatic heterocycles. The van der Waals surface area contributed by atoms with Gasteiger partial charge in [0.05, 0.1) is 5.41 Å². The number of aryl methyl sites for hydroxylation is 3. The Kier molecular flexibility index (Phi) is 2.98. The van der Waals surface area contributed by atoms with E-state index in [1.54, 1.807) is 0 Å². The number of aliphatic carboxylic acids is 1. The monoisotopic (exact) mass is 232 g/mol. The second kappa shape index (κ2) is 4.17. The molecule has 1 aliphatic carbocycles. The summed E-state index contributed by atoms with van der Waals surface area (Å²) in [4.78, 5) is 11.1. The maximum Gasteiger partial charge on any atom is 0.309 e. The quantitative estimate of drug-likeness (QED) is 0.863. The van der Waals surface area contributed by atoms with Crippen LogP contribution < -0.4 is 0 Å². The SMILES string of the molecule is Cc1cc(C)c(CCC2(C(=O)O)CC2)c(C)c1. The molecule has 17 heavy (non-hydrogen) atoms. The van der Waals surface area contributed by atoms with Crippen molar-refractivity contribution < 1.29 is 9.90 Å². The van der Waals surface area contributed by atoms with Crippen molar-refractivity contribution in [3.8, 4) is 0 Å². The van der Waals surface area contributed by atoms with Crippen LogP contribution in [0.1, 0.15) is 41.5 Å². The lowest BCUT2D eigenvalue weighted by atomic mass is 9.91. The lowest BCUT2D eigenvalue weighted by Gasteiger charge is -2.14. The van der Waals surface area contributed by atoms with Crippen LogP contribution in [0, 0.1) is 26.2 Å². The fourth-order valence-electron chi connectivity index (χ4n) is 2.69.